The molecule has 1 aromatic carbocycles. The highest BCUT2D eigenvalue weighted by molar-refractivity contribution is 5.95. The van der Waals surface area contributed by atoms with Crippen LogP contribution in [0.4, 0.5) is 0 Å². The minimum absolute atomic E-state index is 0.272. The molecule has 0 aliphatic carbocycles. The zero-order valence-electron chi connectivity index (χ0n) is 12.0. The first-order valence-corrected chi connectivity index (χ1v) is 7.06. The highest BCUT2D eigenvalue weighted by Crippen LogP contribution is 2.21. The van der Waals surface area contributed by atoms with Crippen LogP contribution < -0.4 is 4.74 Å². The van der Waals surface area contributed by atoms with Crippen molar-refractivity contribution in [2.45, 2.75) is 25.8 Å². The van der Waals surface area contributed by atoms with E-state index in [1.807, 2.05) is 31.2 Å². The van der Waals surface area contributed by atoms with Crippen molar-refractivity contribution in [3.05, 3.63) is 35.9 Å². The topological polar surface area (TPSA) is 66.8 Å². The van der Waals surface area contributed by atoms with E-state index in [9.17, 15) is 9.59 Å². The monoisotopic (exact) mass is 289 g/mol. The van der Waals surface area contributed by atoms with Crippen LogP contribution in [-0.2, 0) is 9.59 Å². The Kier molecular flexibility index (Phi) is 4.98. The lowest BCUT2D eigenvalue weighted by atomic mass is 10.2. The van der Waals surface area contributed by atoms with Crippen molar-refractivity contribution in [3.63, 3.8) is 0 Å². The summed E-state index contributed by atoms with van der Waals surface area (Å²) in [5.41, 5.74) is 0.804. The number of amides is 1. The SMILES string of the molecule is CCOc1ccccc1C=CC(=O)N1CCC[C@@H]1C(=O)O. The van der Waals surface area contributed by atoms with Gasteiger partial charge in [0.25, 0.3) is 0 Å². The molecule has 0 saturated carbocycles. The Morgan fingerprint density at radius 2 is 2.19 bits per heavy atom. The van der Waals surface area contributed by atoms with E-state index in [0.29, 0.717) is 25.3 Å². The molecule has 1 N–H and O–H groups in total. The van der Waals surface area contributed by atoms with Gasteiger partial charge in [-0.2, -0.15) is 0 Å². The molecule has 5 nitrogen and oxygen atoms in total. The van der Waals surface area contributed by atoms with Crippen molar-refractivity contribution in [2.24, 2.45) is 0 Å². The van der Waals surface area contributed by atoms with E-state index in [4.69, 9.17) is 9.84 Å². The number of likely N-dealkylation sites (tertiary alicyclic amines) is 1. The molecule has 1 atom stereocenters. The Hall–Kier alpha value is -2.30. The van der Waals surface area contributed by atoms with E-state index in [1.165, 1.54) is 11.0 Å². The molecule has 1 heterocycles. The largest absolute Gasteiger partial charge is 0.493 e. The molecular weight excluding hydrogens is 270 g/mol. The number of benzene rings is 1. The van der Waals surface area contributed by atoms with E-state index in [0.717, 1.165) is 12.0 Å². The van der Waals surface area contributed by atoms with E-state index in [1.54, 1.807) is 6.08 Å². The molecule has 21 heavy (non-hydrogen) atoms. The lowest BCUT2D eigenvalue weighted by molar-refractivity contribution is -0.146. The van der Waals surface area contributed by atoms with Crippen molar-refractivity contribution >= 4 is 18.0 Å². The average molecular weight is 289 g/mol. The smallest absolute Gasteiger partial charge is 0.326 e. The molecule has 112 valence electrons. The quantitative estimate of drug-likeness (QED) is 0.844. The first-order chi connectivity index (χ1) is 10.1. The average Bonchev–Trinajstić information content (AvgIpc) is 2.96. The van der Waals surface area contributed by atoms with Crippen LogP contribution in [0.25, 0.3) is 6.08 Å². The lowest BCUT2D eigenvalue weighted by Crippen LogP contribution is -2.39. The minimum Gasteiger partial charge on any atom is -0.493 e. The molecule has 1 aromatic rings. The predicted octanol–water partition coefficient (Wildman–Crippen LogP) is 2.17. The Balaban J connectivity index is 2.10. The molecular formula is C16H19NO4. The van der Waals surface area contributed by atoms with Gasteiger partial charge in [0.15, 0.2) is 0 Å². The third kappa shape index (κ3) is 3.62. The van der Waals surface area contributed by atoms with Gasteiger partial charge in [-0.1, -0.05) is 18.2 Å². The number of carbonyl (C=O) groups is 2. The minimum atomic E-state index is -0.941. The summed E-state index contributed by atoms with van der Waals surface area (Å²) in [6.45, 7) is 2.94. The number of rotatable bonds is 5. The van der Waals surface area contributed by atoms with Crippen LogP contribution in [0, 0.1) is 0 Å². The molecule has 0 bridgehead atoms. The van der Waals surface area contributed by atoms with Gasteiger partial charge < -0.3 is 14.7 Å². The molecule has 0 unspecified atom stereocenters. The molecule has 2 rings (SSSR count). The second-order valence-corrected chi connectivity index (χ2v) is 4.83. The number of carboxylic acids is 1. The molecule has 1 amide bonds. The number of aliphatic carboxylic acids is 1. The highest BCUT2D eigenvalue weighted by atomic mass is 16.5. The fourth-order valence-corrected chi connectivity index (χ4v) is 2.45. The van der Waals surface area contributed by atoms with Gasteiger partial charge in [-0.05, 0) is 31.9 Å². The molecule has 1 aliphatic heterocycles. The van der Waals surface area contributed by atoms with Crippen LogP contribution in [0.2, 0.25) is 0 Å². The van der Waals surface area contributed by atoms with Gasteiger partial charge in [-0.25, -0.2) is 4.79 Å². The Bertz CT molecular complexity index is 553. The number of nitrogens with zero attached hydrogens (tertiary/aromatic N) is 1. The van der Waals surface area contributed by atoms with Crippen molar-refractivity contribution in [1.29, 1.82) is 0 Å². The molecule has 1 aliphatic rings. The van der Waals surface area contributed by atoms with Gasteiger partial charge in [0.2, 0.25) is 5.91 Å². The van der Waals surface area contributed by atoms with E-state index < -0.39 is 12.0 Å². The van der Waals surface area contributed by atoms with E-state index in [-0.39, 0.29) is 5.91 Å². The number of carboxylic acid groups (broad SMARTS) is 1. The zero-order valence-corrected chi connectivity index (χ0v) is 12.0. The highest BCUT2D eigenvalue weighted by Gasteiger charge is 2.32. The van der Waals surface area contributed by atoms with Crippen LogP contribution in [0.1, 0.15) is 25.3 Å². The van der Waals surface area contributed by atoms with Gasteiger partial charge in [0, 0.05) is 18.2 Å². The van der Waals surface area contributed by atoms with Crippen molar-refractivity contribution in [3.8, 4) is 5.75 Å². The number of hydrogen-bond acceptors (Lipinski definition) is 3. The zero-order chi connectivity index (χ0) is 15.2. The third-order valence-electron chi connectivity index (χ3n) is 3.45. The van der Waals surface area contributed by atoms with E-state index in [2.05, 4.69) is 0 Å². The second-order valence-electron chi connectivity index (χ2n) is 4.83. The van der Waals surface area contributed by atoms with E-state index >= 15 is 0 Å². The number of carbonyl (C=O) groups excluding carboxylic acids is 1. The van der Waals surface area contributed by atoms with Crippen LogP contribution >= 0.6 is 0 Å². The summed E-state index contributed by atoms with van der Waals surface area (Å²) in [4.78, 5) is 24.6. The predicted molar refractivity (Wildman–Crippen MR) is 79.0 cm³/mol. The van der Waals surface area contributed by atoms with Crippen molar-refractivity contribution in [1.82, 2.24) is 4.90 Å². The number of para-hydroxylation sites is 1. The summed E-state index contributed by atoms with van der Waals surface area (Å²) in [5, 5.41) is 9.09. The summed E-state index contributed by atoms with van der Waals surface area (Å²) in [7, 11) is 0. The van der Waals surface area contributed by atoms with Gasteiger partial charge >= 0.3 is 5.97 Å². The molecule has 5 heteroatoms. The van der Waals surface area contributed by atoms with Crippen LogP contribution in [0.5, 0.6) is 5.75 Å². The fraction of sp³-hybridized carbons (Fsp3) is 0.375. The molecule has 1 saturated heterocycles. The summed E-state index contributed by atoms with van der Waals surface area (Å²) in [6.07, 6.45) is 4.33. The first kappa shape index (κ1) is 15.1. The van der Waals surface area contributed by atoms with Gasteiger partial charge in [-0.15, -0.1) is 0 Å². The Morgan fingerprint density at radius 1 is 1.43 bits per heavy atom. The lowest BCUT2D eigenvalue weighted by Gasteiger charge is -2.19. The summed E-state index contributed by atoms with van der Waals surface area (Å²) < 4.78 is 5.48. The van der Waals surface area contributed by atoms with Gasteiger partial charge in [-0.3, -0.25) is 4.79 Å². The molecule has 0 radical (unpaired) electrons. The third-order valence-corrected chi connectivity index (χ3v) is 3.45. The molecule has 1 fully saturated rings. The Labute approximate surface area is 123 Å². The van der Waals surface area contributed by atoms with Crippen LogP contribution in [0.15, 0.2) is 30.3 Å². The van der Waals surface area contributed by atoms with Crippen LogP contribution in [-0.4, -0.2) is 41.1 Å². The summed E-state index contributed by atoms with van der Waals surface area (Å²) in [5.74, 6) is -0.504. The van der Waals surface area contributed by atoms with Crippen LogP contribution in [0.3, 0.4) is 0 Å². The molecule has 0 spiro atoms. The maximum absolute atomic E-state index is 12.1. The number of ether oxygens (including phenoxy) is 1. The van der Waals surface area contributed by atoms with Gasteiger partial charge in [0.05, 0.1) is 6.61 Å². The Morgan fingerprint density at radius 3 is 2.90 bits per heavy atom. The maximum Gasteiger partial charge on any atom is 0.326 e. The van der Waals surface area contributed by atoms with Crippen molar-refractivity contribution < 1.29 is 19.4 Å². The van der Waals surface area contributed by atoms with Crippen molar-refractivity contribution in [2.75, 3.05) is 13.2 Å². The maximum atomic E-state index is 12.1. The van der Waals surface area contributed by atoms with Gasteiger partial charge in [0.1, 0.15) is 11.8 Å². The summed E-state index contributed by atoms with van der Waals surface area (Å²) >= 11 is 0. The summed E-state index contributed by atoms with van der Waals surface area (Å²) in [6, 6.07) is 6.72. The number of hydrogen-bond donors (Lipinski definition) is 1. The standard InChI is InChI=1S/C16H19NO4/c1-2-21-14-8-4-3-6-12(14)9-10-15(18)17-11-5-7-13(17)16(19)20/h3-4,6,8-10,13H,2,5,7,11H2,1H3,(H,19,20)/t13-/m1/s1. The fourth-order valence-electron chi connectivity index (χ4n) is 2.45. The molecule has 0 aromatic heterocycles. The second kappa shape index (κ2) is 6.92. The normalized spacial score (nSPS) is 18.1. The first-order valence-electron chi connectivity index (χ1n) is 7.06.